The van der Waals surface area contributed by atoms with Gasteiger partial charge in [-0.2, -0.15) is 11.8 Å². The van der Waals surface area contributed by atoms with Crippen molar-refractivity contribution in [3.05, 3.63) is 35.9 Å². The highest BCUT2D eigenvalue weighted by molar-refractivity contribution is 7.99. The van der Waals surface area contributed by atoms with Crippen LogP contribution in [-0.4, -0.2) is 47.6 Å². The summed E-state index contributed by atoms with van der Waals surface area (Å²) in [5.41, 5.74) is 0.539. The number of amides is 2. The normalized spacial score (nSPS) is 11.7. The van der Waals surface area contributed by atoms with Gasteiger partial charge in [-0.15, -0.1) is 0 Å². The fourth-order valence-electron chi connectivity index (χ4n) is 1.60. The number of aliphatic hydroxyl groups excluding tert-OH is 1. The molecule has 1 unspecified atom stereocenters. The average molecular weight is 310 g/mol. The van der Waals surface area contributed by atoms with E-state index in [0.29, 0.717) is 12.1 Å². The largest absolute Gasteiger partial charge is 0.396 e. The van der Waals surface area contributed by atoms with Crippen molar-refractivity contribution < 1.29 is 14.7 Å². The molecule has 0 fully saturated rings. The van der Waals surface area contributed by atoms with E-state index in [-0.39, 0.29) is 18.4 Å². The molecule has 0 bridgehead atoms. The lowest BCUT2D eigenvalue weighted by atomic mass is 10.2. The zero-order valence-electron chi connectivity index (χ0n) is 12.2. The summed E-state index contributed by atoms with van der Waals surface area (Å²) in [4.78, 5) is 23.7. The van der Waals surface area contributed by atoms with Crippen molar-refractivity contribution in [1.29, 1.82) is 0 Å². The number of carbonyl (C=O) groups excluding carboxylic acids is 2. The lowest BCUT2D eigenvalue weighted by Crippen LogP contribution is -2.45. The van der Waals surface area contributed by atoms with Gasteiger partial charge in [0.25, 0.3) is 5.91 Å². The van der Waals surface area contributed by atoms with Crippen molar-refractivity contribution >= 4 is 23.6 Å². The highest BCUT2D eigenvalue weighted by Crippen LogP contribution is 2.01. The molecule has 2 amide bonds. The quantitative estimate of drug-likeness (QED) is 0.596. The first-order chi connectivity index (χ1) is 10.1. The molecular formula is C15H22N2O3S. The van der Waals surface area contributed by atoms with Crippen LogP contribution in [0.5, 0.6) is 0 Å². The molecule has 21 heavy (non-hydrogen) atoms. The molecule has 1 rings (SSSR count). The predicted molar refractivity (Wildman–Crippen MR) is 85.4 cm³/mol. The molecule has 0 aliphatic carbocycles. The Morgan fingerprint density at radius 2 is 1.95 bits per heavy atom. The van der Waals surface area contributed by atoms with E-state index in [0.717, 1.165) is 17.9 Å². The van der Waals surface area contributed by atoms with Gasteiger partial charge in [-0.1, -0.05) is 18.2 Å². The van der Waals surface area contributed by atoms with Gasteiger partial charge in [0.15, 0.2) is 0 Å². The summed E-state index contributed by atoms with van der Waals surface area (Å²) in [7, 11) is 0. The molecule has 1 aromatic rings. The van der Waals surface area contributed by atoms with Crippen LogP contribution in [0.2, 0.25) is 0 Å². The monoisotopic (exact) mass is 310 g/mol. The number of aliphatic hydroxyl groups is 1. The minimum atomic E-state index is -0.569. The first-order valence-corrected chi connectivity index (χ1v) is 8.13. The number of rotatable bonds is 9. The lowest BCUT2D eigenvalue weighted by molar-refractivity contribution is -0.122. The number of hydrogen-bond donors (Lipinski definition) is 3. The molecule has 0 saturated heterocycles. The summed E-state index contributed by atoms with van der Waals surface area (Å²) < 4.78 is 0. The fourth-order valence-corrected chi connectivity index (χ4v) is 2.39. The Balaban J connectivity index is 2.23. The van der Waals surface area contributed by atoms with E-state index >= 15 is 0 Å². The summed E-state index contributed by atoms with van der Waals surface area (Å²) >= 11 is 1.68. The number of carbonyl (C=O) groups is 2. The van der Waals surface area contributed by atoms with Crippen molar-refractivity contribution in [1.82, 2.24) is 10.6 Å². The van der Waals surface area contributed by atoms with Crippen LogP contribution in [0.1, 0.15) is 23.7 Å². The van der Waals surface area contributed by atoms with Crippen LogP contribution >= 0.6 is 11.8 Å². The maximum absolute atomic E-state index is 11.9. The molecule has 0 aromatic heterocycles. The van der Waals surface area contributed by atoms with Crippen molar-refractivity contribution in [3.8, 4) is 0 Å². The molecule has 0 radical (unpaired) electrons. The van der Waals surface area contributed by atoms with Crippen LogP contribution in [0.4, 0.5) is 0 Å². The Kier molecular flexibility index (Phi) is 8.54. The summed E-state index contributed by atoms with van der Waals surface area (Å²) in [6.07, 6.45) is 0.766. The average Bonchev–Trinajstić information content (AvgIpc) is 2.51. The topological polar surface area (TPSA) is 78.4 Å². The molecule has 0 spiro atoms. The van der Waals surface area contributed by atoms with Crippen LogP contribution in [0.3, 0.4) is 0 Å². The molecule has 6 heteroatoms. The predicted octanol–water partition coefficient (Wildman–Crippen LogP) is 1.04. The molecule has 0 aliphatic rings. The van der Waals surface area contributed by atoms with Gasteiger partial charge < -0.3 is 15.7 Å². The number of nitrogens with one attached hydrogen (secondary N) is 2. The second-order valence-electron chi connectivity index (χ2n) is 4.54. The van der Waals surface area contributed by atoms with Crippen LogP contribution in [-0.2, 0) is 4.79 Å². The Bertz CT molecular complexity index is 440. The zero-order chi connectivity index (χ0) is 15.5. The van der Waals surface area contributed by atoms with Crippen LogP contribution < -0.4 is 10.6 Å². The summed E-state index contributed by atoms with van der Waals surface area (Å²) in [5, 5.41) is 14.1. The number of thioether (sulfide) groups is 1. The maximum atomic E-state index is 11.9. The van der Waals surface area contributed by atoms with Crippen LogP contribution in [0.25, 0.3) is 0 Å². The van der Waals surface area contributed by atoms with E-state index in [2.05, 4.69) is 10.6 Å². The fraction of sp³-hybridized carbons (Fsp3) is 0.467. The molecule has 0 aliphatic heterocycles. The molecule has 1 atom stereocenters. The van der Waals surface area contributed by atoms with Gasteiger partial charge in [0, 0.05) is 24.5 Å². The zero-order valence-corrected chi connectivity index (χ0v) is 13.0. The van der Waals surface area contributed by atoms with Gasteiger partial charge in [0.1, 0.15) is 6.04 Å². The molecule has 1 aromatic carbocycles. The summed E-state index contributed by atoms with van der Waals surface area (Å²) in [6, 6.07) is 8.24. The second-order valence-corrected chi connectivity index (χ2v) is 5.77. The number of benzene rings is 1. The van der Waals surface area contributed by atoms with Gasteiger partial charge in [0.05, 0.1) is 0 Å². The summed E-state index contributed by atoms with van der Waals surface area (Å²) in [6.45, 7) is 2.41. The molecule has 0 heterocycles. The standard InChI is InChI=1S/C15H22N2O3S/c1-12(14(19)16-8-11-21-10-5-9-18)17-15(20)13-6-3-2-4-7-13/h2-4,6-7,12,18H,5,8-11H2,1H3,(H,16,19)(H,17,20). The van der Waals surface area contributed by atoms with E-state index in [1.165, 1.54) is 0 Å². The van der Waals surface area contributed by atoms with Gasteiger partial charge >= 0.3 is 0 Å². The molecule has 5 nitrogen and oxygen atoms in total. The first kappa shape index (κ1) is 17.5. The Hall–Kier alpha value is -1.53. The smallest absolute Gasteiger partial charge is 0.251 e. The van der Waals surface area contributed by atoms with Crippen LogP contribution in [0, 0.1) is 0 Å². The van der Waals surface area contributed by atoms with E-state index in [9.17, 15) is 9.59 Å². The molecule has 0 saturated carbocycles. The molecule has 116 valence electrons. The van der Waals surface area contributed by atoms with Gasteiger partial charge in [-0.05, 0) is 31.2 Å². The SMILES string of the molecule is CC(NC(=O)c1ccccc1)C(=O)NCCSCCCO. The highest BCUT2D eigenvalue weighted by atomic mass is 32.2. The Morgan fingerprint density at radius 3 is 2.62 bits per heavy atom. The van der Waals surface area contributed by atoms with Gasteiger partial charge in [-0.3, -0.25) is 9.59 Å². The minimum Gasteiger partial charge on any atom is -0.396 e. The van der Waals surface area contributed by atoms with Crippen molar-refractivity contribution in [2.45, 2.75) is 19.4 Å². The van der Waals surface area contributed by atoms with Gasteiger partial charge in [0.2, 0.25) is 5.91 Å². The van der Waals surface area contributed by atoms with Crippen LogP contribution in [0.15, 0.2) is 30.3 Å². The number of hydrogen-bond acceptors (Lipinski definition) is 4. The first-order valence-electron chi connectivity index (χ1n) is 6.97. The Morgan fingerprint density at radius 1 is 1.24 bits per heavy atom. The van der Waals surface area contributed by atoms with E-state index in [1.807, 2.05) is 6.07 Å². The third kappa shape index (κ3) is 7.15. The van der Waals surface area contributed by atoms with E-state index in [1.54, 1.807) is 43.0 Å². The minimum absolute atomic E-state index is 0.193. The Labute approximate surface area is 129 Å². The summed E-state index contributed by atoms with van der Waals surface area (Å²) in [5.74, 6) is 1.23. The molecular weight excluding hydrogens is 288 g/mol. The highest BCUT2D eigenvalue weighted by Gasteiger charge is 2.15. The van der Waals surface area contributed by atoms with Crippen molar-refractivity contribution in [2.24, 2.45) is 0 Å². The third-order valence-electron chi connectivity index (χ3n) is 2.77. The maximum Gasteiger partial charge on any atom is 0.251 e. The second kappa shape index (κ2) is 10.2. The van der Waals surface area contributed by atoms with E-state index in [4.69, 9.17) is 5.11 Å². The third-order valence-corrected chi connectivity index (χ3v) is 3.84. The van der Waals surface area contributed by atoms with Gasteiger partial charge in [-0.25, -0.2) is 0 Å². The molecule has 3 N–H and O–H groups in total. The van der Waals surface area contributed by atoms with Crippen molar-refractivity contribution in [3.63, 3.8) is 0 Å². The lowest BCUT2D eigenvalue weighted by Gasteiger charge is -2.14. The van der Waals surface area contributed by atoms with Crippen molar-refractivity contribution in [2.75, 3.05) is 24.7 Å². The van der Waals surface area contributed by atoms with E-state index < -0.39 is 6.04 Å².